The van der Waals surface area contributed by atoms with E-state index in [1.807, 2.05) is 6.92 Å². The van der Waals surface area contributed by atoms with Gasteiger partial charge in [0, 0.05) is 19.6 Å². The van der Waals surface area contributed by atoms with Gasteiger partial charge in [0.15, 0.2) is 5.03 Å². The van der Waals surface area contributed by atoms with E-state index >= 15 is 0 Å². The molecule has 120 valence electrons. The van der Waals surface area contributed by atoms with Gasteiger partial charge < -0.3 is 0 Å². The van der Waals surface area contributed by atoms with Crippen molar-refractivity contribution in [1.82, 2.24) is 14.1 Å². The summed E-state index contributed by atoms with van der Waals surface area (Å²) < 4.78 is 28.8. The van der Waals surface area contributed by atoms with Gasteiger partial charge in [-0.1, -0.05) is 20.8 Å². The predicted molar refractivity (Wildman–Crippen MR) is 83.5 cm³/mol. The second-order valence-corrected chi connectivity index (χ2v) is 8.77. The Hall–Kier alpha value is -0.880. The molecule has 0 saturated carbocycles. The lowest BCUT2D eigenvalue weighted by atomic mass is 9.77. The predicted octanol–water partition coefficient (Wildman–Crippen LogP) is 2.74. The van der Waals surface area contributed by atoms with Gasteiger partial charge in [0.05, 0.1) is 6.20 Å². The Balaban J connectivity index is 2.19. The van der Waals surface area contributed by atoms with Crippen LogP contribution in [-0.2, 0) is 16.6 Å². The zero-order valence-corrected chi connectivity index (χ0v) is 14.4. The fourth-order valence-electron chi connectivity index (χ4n) is 3.09. The van der Waals surface area contributed by atoms with E-state index in [0.717, 1.165) is 19.3 Å². The Morgan fingerprint density at radius 2 is 2.00 bits per heavy atom. The second-order valence-electron chi connectivity index (χ2n) is 6.88. The first-order valence-corrected chi connectivity index (χ1v) is 9.22. The van der Waals surface area contributed by atoms with Crippen LogP contribution in [0.15, 0.2) is 17.3 Å². The summed E-state index contributed by atoms with van der Waals surface area (Å²) in [6.45, 7) is 10.4. The Morgan fingerprint density at radius 1 is 1.29 bits per heavy atom. The van der Waals surface area contributed by atoms with Gasteiger partial charge in [-0.25, -0.2) is 8.42 Å². The first-order valence-electron chi connectivity index (χ1n) is 7.78. The molecule has 0 N–H and O–H groups in total. The summed E-state index contributed by atoms with van der Waals surface area (Å²) in [5.41, 5.74) is 0.241. The molecule has 1 atom stereocenters. The van der Waals surface area contributed by atoms with Crippen LogP contribution in [0.4, 0.5) is 0 Å². The van der Waals surface area contributed by atoms with Crippen LogP contribution in [0.1, 0.15) is 47.0 Å². The van der Waals surface area contributed by atoms with Crippen molar-refractivity contribution in [2.75, 3.05) is 13.1 Å². The van der Waals surface area contributed by atoms with Crippen molar-refractivity contribution in [3.63, 3.8) is 0 Å². The Kier molecular flexibility index (Phi) is 4.78. The molecule has 0 radical (unpaired) electrons. The third kappa shape index (κ3) is 3.48. The van der Waals surface area contributed by atoms with E-state index in [4.69, 9.17) is 0 Å². The van der Waals surface area contributed by atoms with Crippen molar-refractivity contribution < 1.29 is 8.42 Å². The number of hydrogen-bond donors (Lipinski definition) is 0. The third-order valence-electron chi connectivity index (χ3n) is 4.49. The third-order valence-corrected chi connectivity index (χ3v) is 6.41. The molecule has 1 unspecified atom stereocenters. The normalized spacial score (nSPS) is 22.2. The molecule has 1 aromatic heterocycles. The smallest absolute Gasteiger partial charge is 0.253 e. The number of aromatic nitrogens is 2. The highest BCUT2D eigenvalue weighted by atomic mass is 32.2. The molecule has 1 aromatic rings. The highest BCUT2D eigenvalue weighted by Crippen LogP contribution is 2.35. The van der Waals surface area contributed by atoms with Crippen LogP contribution in [0.5, 0.6) is 0 Å². The van der Waals surface area contributed by atoms with Gasteiger partial charge in [-0.05, 0) is 43.6 Å². The average Bonchev–Trinajstić information content (AvgIpc) is 2.73. The number of nitrogens with zero attached hydrogens (tertiary/aromatic N) is 3. The van der Waals surface area contributed by atoms with Gasteiger partial charge in [-0.15, -0.1) is 0 Å². The first kappa shape index (κ1) is 16.5. The van der Waals surface area contributed by atoms with Crippen molar-refractivity contribution in [3.05, 3.63) is 12.3 Å². The lowest BCUT2D eigenvalue weighted by Crippen LogP contribution is -2.34. The molecule has 1 fully saturated rings. The molecule has 0 aliphatic carbocycles. The summed E-state index contributed by atoms with van der Waals surface area (Å²) in [5.74, 6) is 0.578. The van der Waals surface area contributed by atoms with Crippen LogP contribution >= 0.6 is 0 Å². The molecule has 21 heavy (non-hydrogen) atoms. The summed E-state index contributed by atoms with van der Waals surface area (Å²) in [4.78, 5) is 0. The maximum atomic E-state index is 12.8. The fourth-order valence-corrected chi connectivity index (χ4v) is 4.74. The molecule has 6 heteroatoms. The van der Waals surface area contributed by atoms with Gasteiger partial charge in [-0.2, -0.15) is 9.40 Å². The van der Waals surface area contributed by atoms with E-state index in [1.54, 1.807) is 21.3 Å². The van der Waals surface area contributed by atoms with Gasteiger partial charge in [0.25, 0.3) is 10.0 Å². The fraction of sp³-hybridized carbons (Fsp3) is 0.800. The van der Waals surface area contributed by atoms with Gasteiger partial charge in [-0.3, -0.25) is 4.68 Å². The van der Waals surface area contributed by atoms with Crippen molar-refractivity contribution in [2.24, 2.45) is 11.3 Å². The van der Waals surface area contributed by atoms with E-state index in [-0.39, 0.29) is 5.41 Å². The molecular weight excluding hydrogens is 286 g/mol. The van der Waals surface area contributed by atoms with Gasteiger partial charge in [0.1, 0.15) is 0 Å². The molecule has 1 aliphatic rings. The van der Waals surface area contributed by atoms with Gasteiger partial charge in [0.2, 0.25) is 0 Å². The number of hydrogen-bond acceptors (Lipinski definition) is 3. The molecule has 1 aliphatic heterocycles. The second kappa shape index (κ2) is 6.08. The zero-order chi connectivity index (χ0) is 15.7. The number of rotatable bonds is 3. The van der Waals surface area contributed by atoms with Crippen molar-refractivity contribution >= 4 is 10.0 Å². The lowest BCUT2D eigenvalue weighted by molar-refractivity contribution is 0.216. The van der Waals surface area contributed by atoms with Crippen LogP contribution < -0.4 is 0 Å². The van der Waals surface area contributed by atoms with Crippen molar-refractivity contribution in [1.29, 1.82) is 0 Å². The van der Waals surface area contributed by atoms with E-state index < -0.39 is 10.0 Å². The average molecular weight is 313 g/mol. The highest BCUT2D eigenvalue weighted by Gasteiger charge is 2.33. The van der Waals surface area contributed by atoms with E-state index in [2.05, 4.69) is 25.9 Å². The minimum Gasteiger partial charge on any atom is -0.253 e. The Bertz CT molecular complexity index is 572. The van der Waals surface area contributed by atoms with Crippen molar-refractivity contribution in [3.8, 4) is 0 Å². The summed E-state index contributed by atoms with van der Waals surface area (Å²) >= 11 is 0. The van der Waals surface area contributed by atoms with E-state index in [9.17, 15) is 8.42 Å². The SMILES string of the molecule is CCn1nccc1S(=O)(=O)N1CCCC(C(C)(C)C)CC1. The molecule has 2 heterocycles. The lowest BCUT2D eigenvalue weighted by Gasteiger charge is -2.29. The molecule has 0 bridgehead atoms. The molecule has 2 rings (SSSR count). The maximum absolute atomic E-state index is 12.8. The minimum absolute atomic E-state index is 0.241. The maximum Gasteiger partial charge on any atom is 0.260 e. The monoisotopic (exact) mass is 313 g/mol. The van der Waals surface area contributed by atoms with E-state index in [1.165, 1.54) is 0 Å². The van der Waals surface area contributed by atoms with Crippen LogP contribution in [-0.4, -0.2) is 35.6 Å². The Morgan fingerprint density at radius 3 is 2.62 bits per heavy atom. The summed E-state index contributed by atoms with van der Waals surface area (Å²) in [6, 6.07) is 1.60. The molecule has 0 spiro atoms. The zero-order valence-electron chi connectivity index (χ0n) is 13.5. The molecular formula is C15H27N3O2S. The largest absolute Gasteiger partial charge is 0.260 e. The molecule has 0 amide bonds. The Labute approximate surface area is 128 Å². The highest BCUT2D eigenvalue weighted by molar-refractivity contribution is 7.89. The van der Waals surface area contributed by atoms with Crippen LogP contribution in [0.3, 0.4) is 0 Å². The summed E-state index contributed by atoms with van der Waals surface area (Å²) in [7, 11) is -3.42. The standard InChI is InChI=1S/C15H27N3O2S/c1-5-18-14(8-10-16-18)21(19,20)17-11-6-7-13(9-12-17)15(2,3)4/h8,10,13H,5-7,9,11-12H2,1-4H3. The van der Waals surface area contributed by atoms with Crippen molar-refractivity contribution in [2.45, 2.75) is 58.5 Å². The summed E-state index contributed by atoms with van der Waals surface area (Å²) in [5, 5.41) is 4.40. The van der Waals surface area contributed by atoms with Crippen LogP contribution in [0, 0.1) is 11.3 Å². The quantitative estimate of drug-likeness (QED) is 0.862. The molecule has 1 saturated heterocycles. The molecule has 5 nitrogen and oxygen atoms in total. The minimum atomic E-state index is -3.42. The van der Waals surface area contributed by atoms with Crippen LogP contribution in [0.2, 0.25) is 0 Å². The first-order chi connectivity index (χ1) is 9.76. The van der Waals surface area contributed by atoms with Gasteiger partial charge >= 0.3 is 0 Å². The molecule has 0 aromatic carbocycles. The van der Waals surface area contributed by atoms with Crippen LogP contribution in [0.25, 0.3) is 0 Å². The topological polar surface area (TPSA) is 55.2 Å². The summed E-state index contributed by atoms with van der Waals surface area (Å²) in [6.07, 6.45) is 4.53. The van der Waals surface area contributed by atoms with E-state index in [0.29, 0.717) is 30.6 Å². The number of sulfonamides is 1. The number of aryl methyl sites for hydroxylation is 1.